The summed E-state index contributed by atoms with van der Waals surface area (Å²) in [5, 5.41) is 3.03. The molecule has 3 aromatic carbocycles. The molecular formula is C33H34F3N3O3. The molecule has 220 valence electrons. The second kappa shape index (κ2) is 12.1. The molecule has 2 aliphatic rings. The lowest BCUT2D eigenvalue weighted by Gasteiger charge is -2.34. The maximum absolute atomic E-state index is 13.3. The van der Waals surface area contributed by atoms with E-state index in [2.05, 4.69) is 11.4 Å². The fraction of sp³-hybridized carbons (Fsp3) is 0.333. The Balaban J connectivity index is 1.29. The minimum absolute atomic E-state index is 0.0634. The molecule has 1 saturated heterocycles. The van der Waals surface area contributed by atoms with Crippen molar-refractivity contribution in [3.63, 3.8) is 0 Å². The van der Waals surface area contributed by atoms with Crippen molar-refractivity contribution in [3.8, 4) is 11.1 Å². The molecule has 0 bridgehead atoms. The van der Waals surface area contributed by atoms with Crippen LogP contribution in [0.4, 0.5) is 13.2 Å². The van der Waals surface area contributed by atoms with Crippen molar-refractivity contribution in [1.82, 2.24) is 10.2 Å². The van der Waals surface area contributed by atoms with Crippen LogP contribution in [0.1, 0.15) is 57.6 Å². The Morgan fingerprint density at radius 1 is 1.05 bits per heavy atom. The van der Waals surface area contributed by atoms with Crippen LogP contribution in [-0.2, 0) is 22.3 Å². The quantitative estimate of drug-likeness (QED) is 0.367. The van der Waals surface area contributed by atoms with Crippen molar-refractivity contribution < 1.29 is 27.5 Å². The van der Waals surface area contributed by atoms with Gasteiger partial charge in [-0.3, -0.25) is 9.59 Å². The van der Waals surface area contributed by atoms with Gasteiger partial charge >= 0.3 is 6.18 Å². The normalized spacial score (nSPS) is 16.4. The molecule has 1 fully saturated rings. The first-order valence-electron chi connectivity index (χ1n) is 14.0. The maximum Gasteiger partial charge on any atom is 0.416 e. The molecule has 9 heteroatoms. The summed E-state index contributed by atoms with van der Waals surface area (Å²) in [5.41, 5.74) is 10.9. The first kappa shape index (κ1) is 29.5. The zero-order chi connectivity index (χ0) is 30.0. The van der Waals surface area contributed by atoms with Crippen molar-refractivity contribution in [2.75, 3.05) is 26.3 Å². The van der Waals surface area contributed by atoms with Crippen LogP contribution in [0.5, 0.6) is 0 Å². The van der Waals surface area contributed by atoms with Gasteiger partial charge in [0.05, 0.1) is 30.7 Å². The van der Waals surface area contributed by atoms with E-state index in [0.717, 1.165) is 40.8 Å². The average Bonchev–Trinajstić information content (AvgIpc) is 2.95. The van der Waals surface area contributed by atoms with Gasteiger partial charge < -0.3 is 20.7 Å². The Morgan fingerprint density at radius 2 is 1.79 bits per heavy atom. The molecule has 2 aliphatic heterocycles. The summed E-state index contributed by atoms with van der Waals surface area (Å²) in [6, 6.07) is 16.0. The number of benzene rings is 3. The summed E-state index contributed by atoms with van der Waals surface area (Å²) in [5.74, 6) is -0.188. The van der Waals surface area contributed by atoms with Crippen LogP contribution in [0.25, 0.3) is 16.7 Å². The lowest BCUT2D eigenvalue weighted by Crippen LogP contribution is -2.46. The van der Waals surface area contributed by atoms with Crippen LogP contribution < -0.4 is 11.1 Å². The number of rotatable bonds is 7. The summed E-state index contributed by atoms with van der Waals surface area (Å²) in [7, 11) is 0. The highest BCUT2D eigenvalue weighted by molar-refractivity contribution is 5.96. The third-order valence-corrected chi connectivity index (χ3v) is 7.89. The number of carbonyl (C=O) groups is 2. The van der Waals surface area contributed by atoms with E-state index < -0.39 is 11.7 Å². The summed E-state index contributed by atoms with van der Waals surface area (Å²) in [6.45, 7) is 6.03. The van der Waals surface area contributed by atoms with E-state index in [1.54, 1.807) is 24.3 Å². The van der Waals surface area contributed by atoms with Crippen LogP contribution in [0, 0.1) is 12.8 Å². The van der Waals surface area contributed by atoms with Crippen molar-refractivity contribution >= 4 is 17.4 Å². The SMILES string of the molecule is Cc1cc(C(=O)N[C@H](C)c2ccc(-c3cc(C(F)(F)F)ccc3CN)cc2)cc(C2=CCCN(C(=O)C3COC3)C2)c1. The summed E-state index contributed by atoms with van der Waals surface area (Å²) >= 11 is 0. The predicted molar refractivity (Wildman–Crippen MR) is 155 cm³/mol. The summed E-state index contributed by atoms with van der Waals surface area (Å²) < 4.78 is 45.1. The predicted octanol–water partition coefficient (Wildman–Crippen LogP) is 5.89. The molecule has 0 saturated carbocycles. The fourth-order valence-electron chi connectivity index (χ4n) is 5.39. The van der Waals surface area contributed by atoms with Gasteiger partial charge in [-0.15, -0.1) is 0 Å². The molecule has 3 N–H and O–H groups in total. The van der Waals surface area contributed by atoms with Gasteiger partial charge in [-0.1, -0.05) is 42.5 Å². The van der Waals surface area contributed by atoms with E-state index >= 15 is 0 Å². The molecule has 5 rings (SSSR count). The Hall–Kier alpha value is -3.95. The van der Waals surface area contributed by atoms with Crippen molar-refractivity contribution in [2.24, 2.45) is 11.7 Å². The summed E-state index contributed by atoms with van der Waals surface area (Å²) in [6.07, 6.45) is -1.57. The van der Waals surface area contributed by atoms with Gasteiger partial charge in [0.15, 0.2) is 0 Å². The van der Waals surface area contributed by atoms with Crippen molar-refractivity contribution in [1.29, 1.82) is 0 Å². The lowest BCUT2D eigenvalue weighted by atomic mass is 9.95. The molecule has 2 amide bonds. The van der Waals surface area contributed by atoms with Crippen LogP contribution in [-0.4, -0.2) is 43.0 Å². The molecular weight excluding hydrogens is 543 g/mol. The minimum Gasteiger partial charge on any atom is -0.380 e. The number of nitrogens with one attached hydrogen (secondary N) is 1. The molecule has 42 heavy (non-hydrogen) atoms. The molecule has 0 unspecified atom stereocenters. The fourth-order valence-corrected chi connectivity index (χ4v) is 5.39. The van der Waals surface area contributed by atoms with Gasteiger partial charge in [0, 0.05) is 25.2 Å². The molecule has 0 aliphatic carbocycles. The van der Waals surface area contributed by atoms with Gasteiger partial charge in [-0.2, -0.15) is 13.2 Å². The monoisotopic (exact) mass is 577 g/mol. The highest BCUT2D eigenvalue weighted by Gasteiger charge is 2.32. The third kappa shape index (κ3) is 6.42. The number of nitrogens with two attached hydrogens (primary N) is 1. The smallest absolute Gasteiger partial charge is 0.380 e. The third-order valence-electron chi connectivity index (χ3n) is 7.89. The van der Waals surface area contributed by atoms with Crippen molar-refractivity contribution in [3.05, 3.63) is 100 Å². The molecule has 6 nitrogen and oxygen atoms in total. The lowest BCUT2D eigenvalue weighted by molar-refractivity contribution is -0.149. The van der Waals surface area contributed by atoms with E-state index in [9.17, 15) is 22.8 Å². The number of ether oxygens (including phenoxy) is 1. The Kier molecular flexibility index (Phi) is 8.52. The Morgan fingerprint density at radius 3 is 2.43 bits per heavy atom. The molecule has 0 radical (unpaired) electrons. The van der Waals surface area contributed by atoms with Gasteiger partial charge in [-0.25, -0.2) is 0 Å². The number of hydrogen-bond donors (Lipinski definition) is 2. The number of nitrogens with zero attached hydrogens (tertiary/aromatic N) is 1. The number of amides is 2. The largest absolute Gasteiger partial charge is 0.416 e. The zero-order valence-corrected chi connectivity index (χ0v) is 23.6. The van der Waals surface area contributed by atoms with E-state index in [1.807, 2.05) is 36.9 Å². The number of carbonyl (C=O) groups excluding carboxylic acids is 2. The van der Waals surface area contributed by atoms with Gasteiger partial charge in [0.25, 0.3) is 5.91 Å². The van der Waals surface area contributed by atoms with E-state index in [0.29, 0.717) is 48.6 Å². The van der Waals surface area contributed by atoms with E-state index in [1.165, 1.54) is 6.07 Å². The number of hydrogen-bond acceptors (Lipinski definition) is 4. The van der Waals surface area contributed by atoms with Gasteiger partial charge in [0.2, 0.25) is 5.91 Å². The molecule has 3 aromatic rings. The van der Waals surface area contributed by atoms with Crippen molar-refractivity contribution in [2.45, 2.75) is 39.0 Å². The molecule has 1 atom stereocenters. The molecule has 2 heterocycles. The topological polar surface area (TPSA) is 84.7 Å². The maximum atomic E-state index is 13.3. The minimum atomic E-state index is -4.45. The Labute approximate surface area is 243 Å². The number of aryl methyl sites for hydroxylation is 1. The van der Waals surface area contributed by atoms with E-state index in [4.69, 9.17) is 10.5 Å². The van der Waals surface area contributed by atoms with E-state index in [-0.39, 0.29) is 30.3 Å². The number of halogens is 3. The summed E-state index contributed by atoms with van der Waals surface area (Å²) in [4.78, 5) is 27.9. The highest BCUT2D eigenvalue weighted by Crippen LogP contribution is 2.34. The van der Waals surface area contributed by atoms with Crippen LogP contribution in [0.2, 0.25) is 0 Å². The highest BCUT2D eigenvalue weighted by atomic mass is 19.4. The second-order valence-electron chi connectivity index (χ2n) is 11.0. The first-order valence-corrected chi connectivity index (χ1v) is 14.0. The van der Waals surface area contributed by atoms with Crippen LogP contribution in [0.15, 0.2) is 66.7 Å². The van der Waals surface area contributed by atoms with Gasteiger partial charge in [0.1, 0.15) is 0 Å². The number of alkyl halides is 3. The average molecular weight is 578 g/mol. The Bertz CT molecular complexity index is 1510. The molecule has 0 spiro atoms. The van der Waals surface area contributed by atoms with Crippen LogP contribution in [0.3, 0.4) is 0 Å². The first-order chi connectivity index (χ1) is 20.0. The van der Waals surface area contributed by atoms with Crippen LogP contribution >= 0.6 is 0 Å². The standard InChI is InChI=1S/C33H34F3N3O3/c1-20-12-26(25-4-3-11-39(17-25)32(41)28-18-42-19-28)14-27(13-20)31(40)38-21(2)22-5-7-23(8-6-22)30-15-29(33(34,35)36)10-9-24(30)16-37/h4-10,12-15,21,28H,3,11,16-19,37H2,1-2H3,(H,38,40)/t21-/m1/s1. The second-order valence-corrected chi connectivity index (χ2v) is 11.0. The van der Waals surface area contributed by atoms with Gasteiger partial charge in [-0.05, 0) is 83.5 Å². The molecule has 0 aromatic heterocycles. The zero-order valence-electron chi connectivity index (χ0n) is 23.6.